The van der Waals surface area contributed by atoms with Crippen molar-refractivity contribution < 1.29 is 5.11 Å². The lowest BCUT2D eigenvalue weighted by atomic mass is 9.79. The minimum atomic E-state index is -0.723. The quantitative estimate of drug-likeness (QED) is 0.810. The lowest BCUT2D eigenvalue weighted by Gasteiger charge is -2.27. The maximum Gasteiger partial charge on any atom is 0.0840 e. The van der Waals surface area contributed by atoms with E-state index < -0.39 is 5.60 Å². The first-order valence-corrected chi connectivity index (χ1v) is 6.79. The summed E-state index contributed by atoms with van der Waals surface area (Å²) >= 11 is 0. The van der Waals surface area contributed by atoms with Gasteiger partial charge in [0, 0.05) is 0 Å². The van der Waals surface area contributed by atoms with Crippen molar-refractivity contribution in [1.29, 1.82) is 0 Å². The van der Waals surface area contributed by atoms with Crippen molar-refractivity contribution >= 4 is 0 Å². The first kappa shape index (κ1) is 12.6. The molecule has 0 atom stereocenters. The zero-order valence-electron chi connectivity index (χ0n) is 11.2. The van der Waals surface area contributed by atoms with E-state index in [9.17, 15) is 5.11 Å². The van der Waals surface area contributed by atoms with Crippen LogP contribution in [0.2, 0.25) is 0 Å². The van der Waals surface area contributed by atoms with Crippen LogP contribution in [0.4, 0.5) is 0 Å². The molecule has 1 aliphatic carbocycles. The predicted octanol–water partition coefficient (Wildman–Crippen LogP) is 4.21. The Morgan fingerprint density at radius 2 is 1.53 bits per heavy atom. The van der Waals surface area contributed by atoms with Gasteiger partial charge < -0.3 is 5.11 Å². The Labute approximate surface area is 105 Å². The Hall–Kier alpha value is -0.820. The standard InChI is InChI=1S/C16H24O/c1-12-4-6-13(7-5-12)14-8-10-15(11-9-14)16(2,3)17/h8-13,17H,4-7H2,1-3H3. The third-order valence-electron chi connectivity index (χ3n) is 4.10. The molecule has 1 saturated carbocycles. The van der Waals surface area contributed by atoms with Crippen molar-refractivity contribution in [3.8, 4) is 0 Å². The van der Waals surface area contributed by atoms with Gasteiger partial charge in [0.15, 0.2) is 0 Å². The molecule has 0 aliphatic heterocycles. The van der Waals surface area contributed by atoms with Gasteiger partial charge in [-0.3, -0.25) is 0 Å². The second-order valence-electron chi connectivity index (χ2n) is 6.14. The molecule has 1 heteroatoms. The van der Waals surface area contributed by atoms with Gasteiger partial charge in [0.1, 0.15) is 0 Å². The summed E-state index contributed by atoms with van der Waals surface area (Å²) in [6.07, 6.45) is 5.36. The molecule has 1 aliphatic rings. The van der Waals surface area contributed by atoms with Gasteiger partial charge in [0.2, 0.25) is 0 Å². The van der Waals surface area contributed by atoms with E-state index in [2.05, 4.69) is 31.2 Å². The molecule has 1 N–H and O–H groups in total. The van der Waals surface area contributed by atoms with Crippen LogP contribution in [0.15, 0.2) is 24.3 Å². The molecule has 0 radical (unpaired) electrons. The van der Waals surface area contributed by atoms with Crippen LogP contribution >= 0.6 is 0 Å². The third-order valence-corrected chi connectivity index (χ3v) is 4.10. The summed E-state index contributed by atoms with van der Waals surface area (Å²) in [6, 6.07) is 8.56. The lowest BCUT2D eigenvalue weighted by molar-refractivity contribution is 0.0786. The van der Waals surface area contributed by atoms with Gasteiger partial charge in [-0.2, -0.15) is 0 Å². The number of aliphatic hydroxyl groups is 1. The van der Waals surface area contributed by atoms with Crippen LogP contribution in [0.25, 0.3) is 0 Å². The molecule has 1 nitrogen and oxygen atoms in total. The molecular formula is C16H24O. The second kappa shape index (κ2) is 4.81. The van der Waals surface area contributed by atoms with E-state index in [4.69, 9.17) is 0 Å². The summed E-state index contributed by atoms with van der Waals surface area (Å²) in [5.74, 6) is 1.64. The van der Waals surface area contributed by atoms with Crippen LogP contribution in [-0.2, 0) is 5.60 Å². The molecule has 0 unspecified atom stereocenters. The van der Waals surface area contributed by atoms with Crippen LogP contribution in [-0.4, -0.2) is 5.11 Å². The summed E-state index contributed by atoms with van der Waals surface area (Å²) in [6.45, 7) is 6.03. The van der Waals surface area contributed by atoms with E-state index in [0.717, 1.165) is 17.4 Å². The van der Waals surface area contributed by atoms with Crippen molar-refractivity contribution in [2.75, 3.05) is 0 Å². The van der Waals surface area contributed by atoms with Crippen molar-refractivity contribution in [3.63, 3.8) is 0 Å². The fourth-order valence-electron chi connectivity index (χ4n) is 2.76. The Morgan fingerprint density at radius 1 is 1.00 bits per heavy atom. The molecule has 1 aromatic carbocycles. The van der Waals surface area contributed by atoms with Crippen LogP contribution < -0.4 is 0 Å². The largest absolute Gasteiger partial charge is 0.386 e. The molecule has 1 aromatic rings. The number of benzene rings is 1. The molecular weight excluding hydrogens is 208 g/mol. The van der Waals surface area contributed by atoms with E-state index in [1.807, 2.05) is 13.8 Å². The smallest absolute Gasteiger partial charge is 0.0840 e. The summed E-state index contributed by atoms with van der Waals surface area (Å²) in [5.41, 5.74) is 1.73. The molecule has 0 saturated heterocycles. The van der Waals surface area contributed by atoms with E-state index in [1.54, 1.807) is 0 Å². The molecule has 94 valence electrons. The second-order valence-corrected chi connectivity index (χ2v) is 6.14. The molecule has 0 bridgehead atoms. The number of hydrogen-bond donors (Lipinski definition) is 1. The predicted molar refractivity (Wildman–Crippen MR) is 72.1 cm³/mol. The highest BCUT2D eigenvalue weighted by molar-refractivity contribution is 5.28. The normalized spacial score (nSPS) is 25.9. The van der Waals surface area contributed by atoms with Crippen molar-refractivity contribution in [1.82, 2.24) is 0 Å². The monoisotopic (exact) mass is 232 g/mol. The fraction of sp³-hybridized carbons (Fsp3) is 0.625. The van der Waals surface area contributed by atoms with Crippen LogP contribution in [0, 0.1) is 5.92 Å². The molecule has 17 heavy (non-hydrogen) atoms. The molecule has 0 amide bonds. The average molecular weight is 232 g/mol. The molecule has 2 rings (SSSR count). The average Bonchev–Trinajstić information content (AvgIpc) is 2.29. The first-order valence-electron chi connectivity index (χ1n) is 6.79. The Morgan fingerprint density at radius 3 is 2.00 bits per heavy atom. The summed E-state index contributed by atoms with van der Waals surface area (Å²) in [5, 5.41) is 9.92. The lowest BCUT2D eigenvalue weighted by Crippen LogP contribution is -2.16. The van der Waals surface area contributed by atoms with Crippen LogP contribution in [0.3, 0.4) is 0 Å². The van der Waals surface area contributed by atoms with E-state index in [0.29, 0.717) is 0 Å². The first-order chi connectivity index (χ1) is 7.97. The van der Waals surface area contributed by atoms with Crippen molar-refractivity contribution in [2.45, 2.75) is 58.0 Å². The van der Waals surface area contributed by atoms with Crippen molar-refractivity contribution in [3.05, 3.63) is 35.4 Å². The number of rotatable bonds is 2. The third kappa shape index (κ3) is 3.10. The number of hydrogen-bond acceptors (Lipinski definition) is 1. The zero-order valence-corrected chi connectivity index (χ0v) is 11.2. The summed E-state index contributed by atoms with van der Waals surface area (Å²) < 4.78 is 0. The highest BCUT2D eigenvalue weighted by Gasteiger charge is 2.21. The molecule has 0 aromatic heterocycles. The Bertz CT molecular complexity index is 350. The Kier molecular flexibility index (Phi) is 3.58. The maximum absolute atomic E-state index is 9.92. The molecule has 1 fully saturated rings. The summed E-state index contributed by atoms with van der Waals surface area (Å²) in [4.78, 5) is 0. The molecule has 0 spiro atoms. The SMILES string of the molecule is CC1CCC(c2ccc(C(C)(C)O)cc2)CC1. The van der Waals surface area contributed by atoms with Gasteiger partial charge in [-0.05, 0) is 49.7 Å². The Balaban J connectivity index is 2.08. The van der Waals surface area contributed by atoms with Gasteiger partial charge in [-0.15, -0.1) is 0 Å². The van der Waals surface area contributed by atoms with Crippen molar-refractivity contribution in [2.24, 2.45) is 5.92 Å². The zero-order chi connectivity index (χ0) is 12.5. The topological polar surface area (TPSA) is 20.2 Å². The van der Waals surface area contributed by atoms with E-state index in [-0.39, 0.29) is 0 Å². The fourth-order valence-corrected chi connectivity index (χ4v) is 2.76. The highest BCUT2D eigenvalue weighted by Crippen LogP contribution is 2.35. The molecule has 0 heterocycles. The minimum absolute atomic E-state index is 0.723. The van der Waals surface area contributed by atoms with Gasteiger partial charge in [0.25, 0.3) is 0 Å². The van der Waals surface area contributed by atoms with Gasteiger partial charge in [-0.25, -0.2) is 0 Å². The van der Waals surface area contributed by atoms with Gasteiger partial charge >= 0.3 is 0 Å². The highest BCUT2D eigenvalue weighted by atomic mass is 16.3. The summed E-state index contributed by atoms with van der Waals surface area (Å²) in [7, 11) is 0. The minimum Gasteiger partial charge on any atom is -0.386 e. The van der Waals surface area contributed by atoms with Gasteiger partial charge in [0.05, 0.1) is 5.60 Å². The van der Waals surface area contributed by atoms with Crippen LogP contribution in [0.1, 0.15) is 63.5 Å². The maximum atomic E-state index is 9.92. The van der Waals surface area contributed by atoms with E-state index in [1.165, 1.54) is 31.2 Å². The van der Waals surface area contributed by atoms with Crippen LogP contribution in [0.5, 0.6) is 0 Å². The van der Waals surface area contributed by atoms with Gasteiger partial charge in [-0.1, -0.05) is 44.0 Å². The van der Waals surface area contributed by atoms with E-state index >= 15 is 0 Å².